The van der Waals surface area contributed by atoms with Crippen LogP contribution in [0.1, 0.15) is 17.7 Å². The van der Waals surface area contributed by atoms with Crippen molar-refractivity contribution in [3.05, 3.63) is 23.4 Å². The molecule has 1 fully saturated rings. The normalized spacial score (nSPS) is 20.5. The molecule has 0 aliphatic carbocycles. The lowest BCUT2D eigenvalue weighted by atomic mass is 10.1. The van der Waals surface area contributed by atoms with Crippen molar-refractivity contribution in [1.29, 1.82) is 0 Å². The lowest BCUT2D eigenvalue weighted by molar-refractivity contribution is 0.614. The molecule has 1 aromatic heterocycles. The molecule has 0 aromatic carbocycles. The van der Waals surface area contributed by atoms with Crippen molar-refractivity contribution in [2.75, 3.05) is 25.0 Å². The van der Waals surface area contributed by atoms with Crippen LogP contribution in [-0.4, -0.2) is 24.6 Å². The van der Waals surface area contributed by atoms with Crippen molar-refractivity contribution in [3.8, 4) is 0 Å². The topological polar surface area (TPSA) is 37.0 Å². The quantitative estimate of drug-likeness (QED) is 0.789. The standard InChI is InChI=1S/C12H19N3/c1-9-3-4-12(15-10(9)2)14-8-11-5-6-13-7-11/h3-4,11,13H,5-8H2,1-2H3,(H,14,15). The molecule has 2 heterocycles. The number of hydrogen-bond acceptors (Lipinski definition) is 3. The summed E-state index contributed by atoms with van der Waals surface area (Å²) in [5.41, 5.74) is 2.37. The Kier molecular flexibility index (Phi) is 3.21. The highest BCUT2D eigenvalue weighted by atomic mass is 15.0. The van der Waals surface area contributed by atoms with Gasteiger partial charge in [0.15, 0.2) is 0 Å². The fourth-order valence-corrected chi connectivity index (χ4v) is 1.87. The summed E-state index contributed by atoms with van der Waals surface area (Å²) >= 11 is 0. The third kappa shape index (κ3) is 2.69. The van der Waals surface area contributed by atoms with Crippen LogP contribution in [0.25, 0.3) is 0 Å². The van der Waals surface area contributed by atoms with Crippen molar-refractivity contribution in [1.82, 2.24) is 10.3 Å². The van der Waals surface area contributed by atoms with Crippen LogP contribution in [0.4, 0.5) is 5.82 Å². The Hall–Kier alpha value is -1.09. The molecule has 1 aromatic rings. The fraction of sp³-hybridized carbons (Fsp3) is 0.583. The molecule has 0 amide bonds. The van der Waals surface area contributed by atoms with Gasteiger partial charge in [0.25, 0.3) is 0 Å². The number of hydrogen-bond donors (Lipinski definition) is 2. The Morgan fingerprint density at radius 2 is 2.33 bits per heavy atom. The first-order chi connectivity index (χ1) is 7.25. The summed E-state index contributed by atoms with van der Waals surface area (Å²) in [6.45, 7) is 7.47. The molecule has 3 heteroatoms. The van der Waals surface area contributed by atoms with Gasteiger partial charge >= 0.3 is 0 Å². The summed E-state index contributed by atoms with van der Waals surface area (Å²) in [4.78, 5) is 4.50. The van der Waals surface area contributed by atoms with E-state index in [1.807, 2.05) is 0 Å². The Morgan fingerprint density at radius 3 is 3.00 bits per heavy atom. The molecule has 2 N–H and O–H groups in total. The first-order valence-electron chi connectivity index (χ1n) is 5.64. The van der Waals surface area contributed by atoms with Gasteiger partial charge in [-0.05, 0) is 50.9 Å². The first-order valence-corrected chi connectivity index (χ1v) is 5.64. The zero-order chi connectivity index (χ0) is 10.7. The summed E-state index contributed by atoms with van der Waals surface area (Å²) in [6.07, 6.45) is 1.28. The minimum absolute atomic E-state index is 0.758. The predicted molar refractivity (Wildman–Crippen MR) is 63.2 cm³/mol. The minimum atomic E-state index is 0.758. The second kappa shape index (κ2) is 4.62. The van der Waals surface area contributed by atoms with Gasteiger partial charge in [-0.15, -0.1) is 0 Å². The van der Waals surface area contributed by atoms with E-state index in [9.17, 15) is 0 Å². The Morgan fingerprint density at radius 1 is 1.47 bits per heavy atom. The van der Waals surface area contributed by atoms with E-state index in [0.717, 1.165) is 37.1 Å². The van der Waals surface area contributed by atoms with Crippen molar-refractivity contribution < 1.29 is 0 Å². The fourth-order valence-electron chi connectivity index (χ4n) is 1.87. The molecule has 0 radical (unpaired) electrons. The van der Waals surface area contributed by atoms with E-state index in [-0.39, 0.29) is 0 Å². The van der Waals surface area contributed by atoms with Gasteiger partial charge in [0.2, 0.25) is 0 Å². The Labute approximate surface area is 91.3 Å². The number of rotatable bonds is 3. The third-order valence-electron chi connectivity index (χ3n) is 3.08. The zero-order valence-corrected chi connectivity index (χ0v) is 9.51. The van der Waals surface area contributed by atoms with E-state index in [0.29, 0.717) is 0 Å². The van der Waals surface area contributed by atoms with E-state index < -0.39 is 0 Å². The molecule has 0 bridgehead atoms. The van der Waals surface area contributed by atoms with E-state index in [2.05, 4.69) is 41.6 Å². The third-order valence-corrected chi connectivity index (χ3v) is 3.08. The smallest absolute Gasteiger partial charge is 0.126 e. The van der Waals surface area contributed by atoms with Gasteiger partial charge < -0.3 is 10.6 Å². The average Bonchev–Trinajstić information content (AvgIpc) is 2.73. The van der Waals surface area contributed by atoms with Crippen LogP contribution in [0, 0.1) is 19.8 Å². The van der Waals surface area contributed by atoms with Crippen LogP contribution >= 0.6 is 0 Å². The lowest BCUT2D eigenvalue weighted by Gasteiger charge is -2.11. The molecular formula is C12H19N3. The molecular weight excluding hydrogens is 186 g/mol. The number of nitrogens with zero attached hydrogens (tertiary/aromatic N) is 1. The average molecular weight is 205 g/mol. The number of pyridine rings is 1. The summed E-state index contributed by atoms with van der Waals surface area (Å²) in [6, 6.07) is 4.18. The molecule has 1 unspecified atom stereocenters. The SMILES string of the molecule is Cc1ccc(NCC2CCNC2)nc1C. The number of anilines is 1. The molecule has 15 heavy (non-hydrogen) atoms. The highest BCUT2D eigenvalue weighted by Gasteiger charge is 2.13. The van der Waals surface area contributed by atoms with Crippen LogP contribution in [-0.2, 0) is 0 Å². The van der Waals surface area contributed by atoms with Gasteiger partial charge in [-0.1, -0.05) is 6.07 Å². The Bertz CT molecular complexity index is 330. The first kappa shape index (κ1) is 10.4. The summed E-state index contributed by atoms with van der Waals surface area (Å²) in [7, 11) is 0. The van der Waals surface area contributed by atoms with Crippen LogP contribution in [0.3, 0.4) is 0 Å². The molecule has 2 rings (SSSR count). The molecule has 0 saturated carbocycles. The van der Waals surface area contributed by atoms with E-state index in [1.54, 1.807) is 0 Å². The van der Waals surface area contributed by atoms with Gasteiger partial charge in [-0.25, -0.2) is 4.98 Å². The van der Waals surface area contributed by atoms with Gasteiger partial charge in [0, 0.05) is 12.2 Å². The number of nitrogens with one attached hydrogen (secondary N) is 2. The highest BCUT2D eigenvalue weighted by Crippen LogP contribution is 2.12. The maximum absolute atomic E-state index is 4.50. The number of aryl methyl sites for hydroxylation is 2. The van der Waals surface area contributed by atoms with E-state index >= 15 is 0 Å². The van der Waals surface area contributed by atoms with Crippen LogP contribution in [0.2, 0.25) is 0 Å². The van der Waals surface area contributed by atoms with E-state index in [4.69, 9.17) is 0 Å². The molecule has 82 valence electrons. The lowest BCUT2D eigenvalue weighted by Crippen LogP contribution is -2.17. The van der Waals surface area contributed by atoms with Crippen molar-refractivity contribution in [3.63, 3.8) is 0 Å². The predicted octanol–water partition coefficient (Wildman–Crippen LogP) is 1.72. The second-order valence-electron chi connectivity index (χ2n) is 4.34. The molecule has 1 saturated heterocycles. The second-order valence-corrected chi connectivity index (χ2v) is 4.34. The molecule has 1 atom stereocenters. The Balaban J connectivity index is 1.90. The molecule has 0 spiro atoms. The minimum Gasteiger partial charge on any atom is -0.370 e. The van der Waals surface area contributed by atoms with Gasteiger partial charge in [0.1, 0.15) is 5.82 Å². The highest BCUT2D eigenvalue weighted by molar-refractivity contribution is 5.38. The summed E-state index contributed by atoms with van der Waals surface area (Å²) in [5, 5.41) is 6.77. The number of aromatic nitrogens is 1. The summed E-state index contributed by atoms with van der Waals surface area (Å²) in [5.74, 6) is 1.76. The summed E-state index contributed by atoms with van der Waals surface area (Å²) < 4.78 is 0. The zero-order valence-electron chi connectivity index (χ0n) is 9.51. The maximum Gasteiger partial charge on any atom is 0.126 e. The molecule has 1 aliphatic heterocycles. The van der Waals surface area contributed by atoms with Crippen LogP contribution in [0.5, 0.6) is 0 Å². The van der Waals surface area contributed by atoms with Gasteiger partial charge in [0.05, 0.1) is 0 Å². The molecule has 1 aliphatic rings. The monoisotopic (exact) mass is 205 g/mol. The van der Waals surface area contributed by atoms with Crippen molar-refractivity contribution >= 4 is 5.82 Å². The van der Waals surface area contributed by atoms with E-state index in [1.165, 1.54) is 12.0 Å². The van der Waals surface area contributed by atoms with Gasteiger partial charge in [-0.3, -0.25) is 0 Å². The maximum atomic E-state index is 4.50. The van der Waals surface area contributed by atoms with Crippen molar-refractivity contribution in [2.24, 2.45) is 5.92 Å². The molecule has 3 nitrogen and oxygen atoms in total. The van der Waals surface area contributed by atoms with Crippen LogP contribution < -0.4 is 10.6 Å². The van der Waals surface area contributed by atoms with Gasteiger partial charge in [-0.2, -0.15) is 0 Å². The van der Waals surface area contributed by atoms with Crippen molar-refractivity contribution in [2.45, 2.75) is 20.3 Å². The largest absolute Gasteiger partial charge is 0.370 e. The van der Waals surface area contributed by atoms with Crippen LogP contribution in [0.15, 0.2) is 12.1 Å².